The summed E-state index contributed by atoms with van der Waals surface area (Å²) in [5.41, 5.74) is 2.17. The Morgan fingerprint density at radius 2 is 1.74 bits per heavy atom. The molecule has 0 spiro atoms. The number of aryl methyl sites for hydroxylation is 1. The van der Waals surface area contributed by atoms with Crippen LogP contribution in [-0.4, -0.2) is 15.9 Å². The molecule has 2 aromatic carbocycles. The number of anilines is 1. The fourth-order valence-electron chi connectivity index (χ4n) is 2.02. The molecule has 1 amide bonds. The zero-order valence-corrected chi connectivity index (χ0v) is 12.6. The quantitative estimate of drug-likeness (QED) is 0.795. The van der Waals surface area contributed by atoms with Crippen molar-refractivity contribution >= 4 is 11.6 Å². The second-order valence-corrected chi connectivity index (χ2v) is 4.93. The molecular weight excluding hydrogens is 290 g/mol. The van der Waals surface area contributed by atoms with Crippen molar-refractivity contribution in [3.05, 3.63) is 78.1 Å². The van der Waals surface area contributed by atoms with E-state index >= 15 is 0 Å². The average Bonchev–Trinajstić information content (AvgIpc) is 2.59. The normalized spacial score (nSPS) is 10.1. The van der Waals surface area contributed by atoms with Crippen molar-refractivity contribution < 1.29 is 9.53 Å². The Labute approximate surface area is 134 Å². The molecule has 0 saturated carbocycles. The van der Waals surface area contributed by atoms with Crippen LogP contribution in [-0.2, 0) is 0 Å². The van der Waals surface area contributed by atoms with Gasteiger partial charge in [0.15, 0.2) is 0 Å². The number of ether oxygens (including phenoxy) is 1. The molecule has 0 unspecified atom stereocenters. The molecule has 1 N–H and O–H groups in total. The summed E-state index contributed by atoms with van der Waals surface area (Å²) in [5, 5.41) is 2.85. The number of aromatic nitrogens is 2. The van der Waals surface area contributed by atoms with Gasteiger partial charge in [-0.2, -0.15) is 0 Å². The second-order valence-electron chi connectivity index (χ2n) is 4.93. The third-order valence-electron chi connectivity index (χ3n) is 3.23. The van der Waals surface area contributed by atoms with Crippen LogP contribution in [0, 0.1) is 6.92 Å². The summed E-state index contributed by atoms with van der Waals surface area (Å²) in [6.45, 7) is 1.92. The molecular formula is C18H15N3O2. The van der Waals surface area contributed by atoms with Crippen LogP contribution in [0.2, 0.25) is 0 Å². The van der Waals surface area contributed by atoms with Crippen molar-refractivity contribution in [3.8, 4) is 11.8 Å². The maximum absolute atomic E-state index is 12.2. The molecule has 5 heteroatoms. The van der Waals surface area contributed by atoms with Gasteiger partial charge < -0.3 is 10.1 Å². The van der Waals surface area contributed by atoms with Crippen molar-refractivity contribution in [1.29, 1.82) is 0 Å². The summed E-state index contributed by atoms with van der Waals surface area (Å²) >= 11 is 0. The SMILES string of the molecule is Cc1ccc(NC(=O)c2ccccc2)cc1Oc1ncccn1. The van der Waals surface area contributed by atoms with Crippen molar-refractivity contribution in [2.24, 2.45) is 0 Å². The van der Waals surface area contributed by atoms with E-state index in [9.17, 15) is 4.79 Å². The van der Waals surface area contributed by atoms with Crippen LogP contribution in [0.25, 0.3) is 0 Å². The fraction of sp³-hybridized carbons (Fsp3) is 0.0556. The van der Waals surface area contributed by atoms with E-state index in [1.165, 1.54) is 0 Å². The molecule has 0 saturated heterocycles. The third kappa shape index (κ3) is 3.71. The molecule has 0 aliphatic heterocycles. The van der Waals surface area contributed by atoms with E-state index in [0.717, 1.165) is 5.56 Å². The molecule has 0 bridgehead atoms. The number of carbonyl (C=O) groups excluding carboxylic acids is 1. The van der Waals surface area contributed by atoms with Gasteiger partial charge in [0.1, 0.15) is 5.75 Å². The van der Waals surface area contributed by atoms with E-state index in [0.29, 0.717) is 17.0 Å². The molecule has 0 atom stereocenters. The minimum absolute atomic E-state index is 0.170. The molecule has 0 aliphatic rings. The van der Waals surface area contributed by atoms with Crippen LogP contribution in [0.3, 0.4) is 0 Å². The van der Waals surface area contributed by atoms with Gasteiger partial charge in [0, 0.05) is 29.7 Å². The lowest BCUT2D eigenvalue weighted by atomic mass is 10.2. The molecule has 0 fully saturated rings. The Morgan fingerprint density at radius 3 is 2.48 bits per heavy atom. The van der Waals surface area contributed by atoms with E-state index < -0.39 is 0 Å². The first kappa shape index (κ1) is 14.7. The van der Waals surface area contributed by atoms with Crippen LogP contribution >= 0.6 is 0 Å². The Morgan fingerprint density at radius 1 is 1.00 bits per heavy atom. The van der Waals surface area contributed by atoms with Gasteiger partial charge in [0.2, 0.25) is 0 Å². The molecule has 0 aliphatic carbocycles. The van der Waals surface area contributed by atoms with Crippen molar-refractivity contribution in [2.45, 2.75) is 6.92 Å². The molecule has 3 aromatic rings. The van der Waals surface area contributed by atoms with Crippen LogP contribution in [0.4, 0.5) is 5.69 Å². The van der Waals surface area contributed by atoms with E-state index in [1.54, 1.807) is 36.7 Å². The summed E-state index contributed by atoms with van der Waals surface area (Å²) in [6, 6.07) is 16.5. The monoisotopic (exact) mass is 305 g/mol. The molecule has 23 heavy (non-hydrogen) atoms. The molecule has 1 heterocycles. The van der Waals surface area contributed by atoms with Crippen molar-refractivity contribution in [2.75, 3.05) is 5.32 Å². The van der Waals surface area contributed by atoms with Gasteiger partial charge in [0.25, 0.3) is 5.91 Å². The molecule has 3 rings (SSSR count). The first-order valence-corrected chi connectivity index (χ1v) is 7.14. The summed E-state index contributed by atoms with van der Waals surface area (Å²) in [4.78, 5) is 20.3. The minimum atomic E-state index is -0.170. The summed E-state index contributed by atoms with van der Waals surface area (Å²) in [7, 11) is 0. The van der Waals surface area contributed by atoms with Crippen LogP contribution in [0.15, 0.2) is 67.0 Å². The number of carbonyl (C=O) groups is 1. The van der Waals surface area contributed by atoms with Crippen molar-refractivity contribution in [1.82, 2.24) is 9.97 Å². The van der Waals surface area contributed by atoms with Crippen LogP contribution in [0.5, 0.6) is 11.8 Å². The van der Waals surface area contributed by atoms with E-state index in [2.05, 4.69) is 15.3 Å². The lowest BCUT2D eigenvalue weighted by Gasteiger charge is -2.10. The number of rotatable bonds is 4. The molecule has 0 radical (unpaired) electrons. The van der Waals surface area contributed by atoms with Gasteiger partial charge in [0.05, 0.1) is 0 Å². The third-order valence-corrected chi connectivity index (χ3v) is 3.23. The zero-order valence-electron chi connectivity index (χ0n) is 12.6. The second kappa shape index (κ2) is 6.70. The Kier molecular flexibility index (Phi) is 4.29. The fourth-order valence-corrected chi connectivity index (χ4v) is 2.02. The number of hydrogen-bond acceptors (Lipinski definition) is 4. The van der Waals surface area contributed by atoms with E-state index in [-0.39, 0.29) is 11.9 Å². The highest BCUT2D eigenvalue weighted by Gasteiger charge is 2.08. The molecule has 1 aromatic heterocycles. The van der Waals surface area contributed by atoms with Gasteiger partial charge in [-0.05, 0) is 36.8 Å². The molecule has 5 nitrogen and oxygen atoms in total. The summed E-state index contributed by atoms with van der Waals surface area (Å²) in [5.74, 6) is 0.429. The lowest BCUT2D eigenvalue weighted by molar-refractivity contribution is 0.102. The Bertz CT molecular complexity index is 805. The summed E-state index contributed by atoms with van der Waals surface area (Å²) < 4.78 is 5.66. The number of nitrogens with one attached hydrogen (secondary N) is 1. The van der Waals surface area contributed by atoms with Crippen LogP contribution in [0.1, 0.15) is 15.9 Å². The first-order valence-electron chi connectivity index (χ1n) is 7.14. The van der Waals surface area contributed by atoms with Gasteiger partial charge in [-0.1, -0.05) is 24.3 Å². The minimum Gasteiger partial charge on any atom is -0.424 e. The smallest absolute Gasteiger partial charge is 0.321 e. The van der Waals surface area contributed by atoms with E-state index in [4.69, 9.17) is 4.74 Å². The van der Waals surface area contributed by atoms with Gasteiger partial charge in [-0.3, -0.25) is 4.79 Å². The average molecular weight is 305 g/mol. The zero-order chi connectivity index (χ0) is 16.1. The lowest BCUT2D eigenvalue weighted by Crippen LogP contribution is -2.11. The molecule has 114 valence electrons. The number of nitrogens with zero attached hydrogens (tertiary/aromatic N) is 2. The Hall–Kier alpha value is -3.21. The van der Waals surface area contributed by atoms with Crippen molar-refractivity contribution in [3.63, 3.8) is 0 Å². The predicted octanol–water partition coefficient (Wildman–Crippen LogP) is 3.83. The largest absolute Gasteiger partial charge is 0.424 e. The van der Waals surface area contributed by atoms with E-state index in [1.807, 2.05) is 37.3 Å². The highest BCUT2D eigenvalue weighted by molar-refractivity contribution is 6.04. The predicted molar refractivity (Wildman–Crippen MR) is 87.7 cm³/mol. The number of hydrogen-bond donors (Lipinski definition) is 1. The van der Waals surface area contributed by atoms with Crippen LogP contribution < -0.4 is 10.1 Å². The maximum atomic E-state index is 12.2. The highest BCUT2D eigenvalue weighted by Crippen LogP contribution is 2.26. The Balaban J connectivity index is 1.79. The highest BCUT2D eigenvalue weighted by atomic mass is 16.5. The standard InChI is InChI=1S/C18H15N3O2/c1-13-8-9-15(21-17(22)14-6-3-2-4-7-14)12-16(13)23-18-19-10-5-11-20-18/h2-12H,1H3,(H,21,22). The maximum Gasteiger partial charge on any atom is 0.321 e. The number of benzene rings is 2. The van der Waals surface area contributed by atoms with Gasteiger partial charge in [-0.25, -0.2) is 9.97 Å². The van der Waals surface area contributed by atoms with Gasteiger partial charge in [-0.15, -0.1) is 0 Å². The van der Waals surface area contributed by atoms with Gasteiger partial charge >= 0.3 is 6.01 Å². The summed E-state index contributed by atoms with van der Waals surface area (Å²) in [6.07, 6.45) is 3.22. The topological polar surface area (TPSA) is 64.1 Å². The first-order chi connectivity index (χ1) is 11.2. The number of amides is 1.